The Balaban J connectivity index is 2.25. The van der Waals surface area contributed by atoms with E-state index in [2.05, 4.69) is 71.2 Å². The van der Waals surface area contributed by atoms with Gasteiger partial charge in [-0.1, -0.05) is 60.7 Å². The van der Waals surface area contributed by atoms with Crippen LogP contribution < -0.4 is 0 Å². The minimum atomic E-state index is 1.04. The van der Waals surface area contributed by atoms with Gasteiger partial charge in [-0.15, -0.1) is 0 Å². The van der Waals surface area contributed by atoms with Gasteiger partial charge < -0.3 is 0 Å². The Morgan fingerprint density at radius 3 is 2.05 bits per heavy atom. The van der Waals surface area contributed by atoms with E-state index in [0.717, 1.165) is 11.0 Å². The molecule has 5 rings (SSSR count). The topological polar surface area (TPSA) is 17.3 Å². The third-order valence-corrected chi connectivity index (χ3v) is 4.18. The molecule has 0 spiro atoms. The van der Waals surface area contributed by atoms with Gasteiger partial charge in [0.05, 0.1) is 16.6 Å². The predicted molar refractivity (Wildman–Crippen MR) is 87.7 cm³/mol. The van der Waals surface area contributed by atoms with Crippen LogP contribution in [0.2, 0.25) is 0 Å². The number of nitrogens with zero attached hydrogens (tertiary/aromatic N) is 2. The van der Waals surface area contributed by atoms with Gasteiger partial charge in [0.15, 0.2) is 0 Å². The maximum Gasteiger partial charge on any atom is 0.0934 e. The van der Waals surface area contributed by atoms with Crippen molar-refractivity contribution in [2.45, 2.75) is 0 Å². The van der Waals surface area contributed by atoms with E-state index in [1.165, 1.54) is 27.1 Å². The van der Waals surface area contributed by atoms with Gasteiger partial charge in [0.1, 0.15) is 0 Å². The summed E-state index contributed by atoms with van der Waals surface area (Å²) >= 11 is 0. The molecule has 2 nitrogen and oxygen atoms in total. The summed E-state index contributed by atoms with van der Waals surface area (Å²) in [6.45, 7) is 0. The first-order valence-corrected chi connectivity index (χ1v) is 7.10. The van der Waals surface area contributed by atoms with Gasteiger partial charge >= 0.3 is 0 Å². The van der Waals surface area contributed by atoms with Crippen LogP contribution >= 0.6 is 0 Å². The number of rotatable bonds is 0. The highest BCUT2D eigenvalue weighted by atomic mass is 15.2. The summed E-state index contributed by atoms with van der Waals surface area (Å²) < 4.78 is 2.09. The van der Waals surface area contributed by atoms with E-state index >= 15 is 0 Å². The Morgan fingerprint density at radius 1 is 0.571 bits per heavy atom. The van der Waals surface area contributed by atoms with Gasteiger partial charge in [-0.05, 0) is 17.5 Å². The fraction of sp³-hybridized carbons (Fsp3) is 0. The molecule has 0 aliphatic heterocycles. The van der Waals surface area contributed by atoms with Crippen LogP contribution in [0, 0.1) is 0 Å². The first-order chi connectivity index (χ1) is 10.4. The third kappa shape index (κ3) is 1.34. The molecule has 0 saturated carbocycles. The number of fused-ring (bicyclic) bond motifs is 8. The van der Waals surface area contributed by atoms with Crippen LogP contribution in [0.3, 0.4) is 0 Å². The SMILES string of the molecule is c1ccc2c(c1)nn1c3ccccc3c3ccccc3c21. The summed E-state index contributed by atoms with van der Waals surface area (Å²) in [7, 11) is 0. The second kappa shape index (κ2) is 3.83. The van der Waals surface area contributed by atoms with Gasteiger partial charge in [-0.2, -0.15) is 5.10 Å². The molecule has 3 aromatic carbocycles. The van der Waals surface area contributed by atoms with Gasteiger partial charge in [0.25, 0.3) is 0 Å². The number of benzene rings is 3. The smallest absolute Gasteiger partial charge is 0.0934 e. The number of hydrogen-bond donors (Lipinski definition) is 0. The molecule has 98 valence electrons. The Kier molecular flexibility index (Phi) is 1.98. The van der Waals surface area contributed by atoms with Crippen LogP contribution in [-0.2, 0) is 0 Å². The van der Waals surface area contributed by atoms with E-state index in [4.69, 9.17) is 5.10 Å². The zero-order valence-corrected chi connectivity index (χ0v) is 11.3. The third-order valence-electron chi connectivity index (χ3n) is 4.18. The highest BCUT2D eigenvalue weighted by molar-refractivity contribution is 6.18. The van der Waals surface area contributed by atoms with Crippen LogP contribution in [0.5, 0.6) is 0 Å². The molecule has 21 heavy (non-hydrogen) atoms. The van der Waals surface area contributed by atoms with Crippen molar-refractivity contribution in [2.75, 3.05) is 0 Å². The summed E-state index contributed by atoms with van der Waals surface area (Å²) in [5.74, 6) is 0. The van der Waals surface area contributed by atoms with Crippen LogP contribution in [-0.4, -0.2) is 9.61 Å². The Hall–Kier alpha value is -2.87. The van der Waals surface area contributed by atoms with Crippen molar-refractivity contribution in [1.29, 1.82) is 0 Å². The Bertz CT molecular complexity index is 1140. The van der Waals surface area contributed by atoms with Crippen molar-refractivity contribution in [3.05, 3.63) is 72.8 Å². The standard InChI is InChI=1S/C19H12N2/c1-2-9-15-13(7-1)14-8-4-6-12-18(14)21-19(15)16-10-3-5-11-17(16)20-21/h1-12H. The van der Waals surface area contributed by atoms with Gasteiger partial charge in [-0.25, -0.2) is 4.52 Å². The molecule has 0 radical (unpaired) electrons. The van der Waals surface area contributed by atoms with E-state index in [1.807, 2.05) is 6.07 Å². The van der Waals surface area contributed by atoms with E-state index in [1.54, 1.807) is 0 Å². The molecule has 2 heteroatoms. The summed E-state index contributed by atoms with van der Waals surface area (Å²) in [4.78, 5) is 0. The highest BCUT2D eigenvalue weighted by Gasteiger charge is 2.12. The molecule has 5 aromatic rings. The molecule has 2 heterocycles. The number of para-hydroxylation sites is 1. The maximum atomic E-state index is 4.81. The zero-order chi connectivity index (χ0) is 13.8. The largest absolute Gasteiger partial charge is 0.231 e. The monoisotopic (exact) mass is 268 g/mol. The molecular formula is C19H12N2. The molecule has 0 aliphatic carbocycles. The molecule has 0 amide bonds. The number of aromatic nitrogens is 2. The summed E-state index contributed by atoms with van der Waals surface area (Å²) in [6.07, 6.45) is 0. The molecule has 0 fully saturated rings. The minimum Gasteiger partial charge on any atom is -0.231 e. The second-order valence-corrected chi connectivity index (χ2v) is 5.34. The van der Waals surface area contributed by atoms with Crippen molar-refractivity contribution in [3.8, 4) is 0 Å². The highest BCUT2D eigenvalue weighted by Crippen LogP contribution is 2.33. The average Bonchev–Trinajstić information content (AvgIpc) is 2.95. The molecule has 0 aliphatic rings. The number of pyridine rings is 1. The summed E-state index contributed by atoms with van der Waals surface area (Å²) in [5, 5.41) is 9.80. The van der Waals surface area contributed by atoms with Gasteiger partial charge in [0.2, 0.25) is 0 Å². The Morgan fingerprint density at radius 2 is 1.19 bits per heavy atom. The van der Waals surface area contributed by atoms with E-state index in [0.29, 0.717) is 0 Å². The first-order valence-electron chi connectivity index (χ1n) is 7.10. The quantitative estimate of drug-likeness (QED) is 0.369. The lowest BCUT2D eigenvalue weighted by molar-refractivity contribution is 1.03. The van der Waals surface area contributed by atoms with E-state index < -0.39 is 0 Å². The first kappa shape index (κ1) is 10.9. The minimum absolute atomic E-state index is 1.04. The van der Waals surface area contributed by atoms with Crippen molar-refractivity contribution in [3.63, 3.8) is 0 Å². The average molecular weight is 268 g/mol. The van der Waals surface area contributed by atoms with Crippen LogP contribution in [0.15, 0.2) is 72.8 Å². The van der Waals surface area contributed by atoms with Gasteiger partial charge in [0, 0.05) is 16.2 Å². The van der Waals surface area contributed by atoms with Gasteiger partial charge in [-0.3, -0.25) is 0 Å². The van der Waals surface area contributed by atoms with Crippen LogP contribution in [0.4, 0.5) is 0 Å². The lowest BCUT2D eigenvalue weighted by Crippen LogP contribution is -1.91. The normalized spacial score (nSPS) is 11.8. The van der Waals surface area contributed by atoms with Crippen LogP contribution in [0.1, 0.15) is 0 Å². The lowest BCUT2D eigenvalue weighted by Gasteiger charge is -2.07. The van der Waals surface area contributed by atoms with Crippen molar-refractivity contribution in [2.24, 2.45) is 0 Å². The molecular weight excluding hydrogens is 256 g/mol. The summed E-state index contributed by atoms with van der Waals surface area (Å²) in [6, 6.07) is 25.4. The second-order valence-electron chi connectivity index (χ2n) is 5.34. The molecule has 0 saturated heterocycles. The summed E-state index contributed by atoms with van der Waals surface area (Å²) in [5.41, 5.74) is 3.39. The molecule has 0 atom stereocenters. The molecule has 0 bridgehead atoms. The molecule has 0 N–H and O–H groups in total. The fourth-order valence-electron chi connectivity index (χ4n) is 3.28. The number of hydrogen-bond acceptors (Lipinski definition) is 1. The fourth-order valence-corrected chi connectivity index (χ4v) is 3.28. The van der Waals surface area contributed by atoms with E-state index in [9.17, 15) is 0 Å². The molecule has 2 aromatic heterocycles. The van der Waals surface area contributed by atoms with Crippen LogP contribution in [0.25, 0.3) is 38.1 Å². The lowest BCUT2D eigenvalue weighted by atomic mass is 10.0. The Labute approximate surface area is 121 Å². The molecule has 0 unspecified atom stereocenters. The van der Waals surface area contributed by atoms with Crippen molar-refractivity contribution >= 4 is 38.1 Å². The zero-order valence-electron chi connectivity index (χ0n) is 11.3. The maximum absolute atomic E-state index is 4.81. The van der Waals surface area contributed by atoms with Crippen molar-refractivity contribution < 1.29 is 0 Å². The predicted octanol–water partition coefficient (Wildman–Crippen LogP) is 4.79. The van der Waals surface area contributed by atoms with Crippen molar-refractivity contribution in [1.82, 2.24) is 9.61 Å². The van der Waals surface area contributed by atoms with E-state index in [-0.39, 0.29) is 0 Å².